The lowest BCUT2D eigenvalue weighted by Crippen LogP contribution is -2.24. The average molecular weight is 503 g/mol. The van der Waals surface area contributed by atoms with Crippen molar-refractivity contribution in [1.29, 1.82) is 0 Å². The van der Waals surface area contributed by atoms with Crippen LogP contribution in [0.5, 0.6) is 5.88 Å². The van der Waals surface area contributed by atoms with Crippen LogP contribution in [0, 0.1) is 0 Å². The van der Waals surface area contributed by atoms with Crippen LogP contribution in [0.4, 0.5) is 19.1 Å². The van der Waals surface area contributed by atoms with E-state index in [9.17, 15) is 18.0 Å². The Balaban J connectivity index is 1.57. The monoisotopic (exact) mass is 502 g/mol. The summed E-state index contributed by atoms with van der Waals surface area (Å²) in [7, 11) is 0. The quantitative estimate of drug-likeness (QED) is 0.345. The van der Waals surface area contributed by atoms with E-state index in [0.29, 0.717) is 40.0 Å². The van der Waals surface area contributed by atoms with Crippen molar-refractivity contribution in [2.75, 3.05) is 18.1 Å². The minimum Gasteiger partial charge on any atom is -0.477 e. The lowest BCUT2D eigenvalue weighted by Gasteiger charge is -2.14. The van der Waals surface area contributed by atoms with Gasteiger partial charge in [-0.25, -0.2) is 9.50 Å². The highest BCUT2D eigenvalue weighted by Crippen LogP contribution is 2.30. The summed E-state index contributed by atoms with van der Waals surface area (Å²) in [6.07, 6.45) is -1.02. The fourth-order valence-corrected chi connectivity index (χ4v) is 4.14. The normalized spacial score (nSPS) is 11.5. The number of carbonyl (C=O) groups is 1. The van der Waals surface area contributed by atoms with Crippen molar-refractivity contribution in [2.45, 2.75) is 24.5 Å². The molecule has 0 aliphatic carbocycles. The Labute approximate surface area is 202 Å². The van der Waals surface area contributed by atoms with Gasteiger partial charge in [0.25, 0.3) is 5.91 Å². The van der Waals surface area contributed by atoms with Gasteiger partial charge >= 0.3 is 6.18 Å². The molecular weight excluding hydrogens is 481 g/mol. The summed E-state index contributed by atoms with van der Waals surface area (Å²) in [5.41, 5.74) is 8.34. The van der Waals surface area contributed by atoms with Crippen molar-refractivity contribution < 1.29 is 22.7 Å². The van der Waals surface area contributed by atoms with E-state index in [1.54, 1.807) is 61.8 Å². The number of nitrogens with two attached hydrogens (primary N) is 1. The van der Waals surface area contributed by atoms with Crippen molar-refractivity contribution in [3.05, 3.63) is 66.0 Å². The zero-order chi connectivity index (χ0) is 25.0. The van der Waals surface area contributed by atoms with Crippen molar-refractivity contribution in [1.82, 2.24) is 24.9 Å². The Bertz CT molecular complexity index is 1360. The van der Waals surface area contributed by atoms with Gasteiger partial charge in [0.15, 0.2) is 5.65 Å². The molecule has 0 aliphatic rings. The van der Waals surface area contributed by atoms with Crippen LogP contribution in [-0.4, -0.2) is 44.0 Å². The van der Waals surface area contributed by atoms with Crippen LogP contribution in [0.25, 0.3) is 16.8 Å². The van der Waals surface area contributed by atoms with Crippen LogP contribution < -0.4 is 15.8 Å². The first-order valence-corrected chi connectivity index (χ1v) is 11.5. The minimum atomic E-state index is -4.29. The maximum Gasteiger partial charge on any atom is 0.398 e. The van der Waals surface area contributed by atoms with Crippen LogP contribution >= 0.6 is 11.8 Å². The number of nitrogens with zero attached hydrogens (tertiary/aromatic N) is 4. The molecule has 0 saturated carbocycles. The Hall–Kier alpha value is -3.80. The molecule has 4 rings (SSSR count). The number of rotatable bonds is 8. The van der Waals surface area contributed by atoms with Gasteiger partial charge in [-0.2, -0.15) is 18.2 Å². The summed E-state index contributed by atoms with van der Waals surface area (Å²) in [4.78, 5) is 22.0. The van der Waals surface area contributed by atoms with E-state index in [2.05, 4.69) is 20.4 Å². The smallest absolute Gasteiger partial charge is 0.398 e. The third-order valence-electron chi connectivity index (χ3n) is 4.87. The zero-order valence-electron chi connectivity index (χ0n) is 18.5. The van der Waals surface area contributed by atoms with Crippen molar-refractivity contribution in [2.24, 2.45) is 0 Å². The number of pyridine rings is 2. The topological polar surface area (TPSA) is 107 Å². The molecule has 1 amide bonds. The maximum absolute atomic E-state index is 13.1. The molecule has 35 heavy (non-hydrogen) atoms. The van der Waals surface area contributed by atoms with Gasteiger partial charge in [-0.3, -0.25) is 4.79 Å². The molecule has 1 aromatic carbocycles. The molecule has 0 atom stereocenters. The first kappa shape index (κ1) is 24.3. The zero-order valence-corrected chi connectivity index (χ0v) is 19.4. The van der Waals surface area contributed by atoms with Gasteiger partial charge in [-0.15, -0.1) is 16.9 Å². The van der Waals surface area contributed by atoms with Crippen LogP contribution in [-0.2, 0) is 6.54 Å². The fourth-order valence-electron chi connectivity index (χ4n) is 3.32. The molecule has 4 aromatic rings. The third-order valence-corrected chi connectivity index (χ3v) is 6.05. The average Bonchev–Trinajstić information content (AvgIpc) is 3.21. The molecule has 8 nitrogen and oxygen atoms in total. The lowest BCUT2D eigenvalue weighted by atomic mass is 10.1. The number of amides is 1. The molecule has 0 fully saturated rings. The molecule has 0 unspecified atom stereocenters. The summed E-state index contributed by atoms with van der Waals surface area (Å²) in [5.74, 6) is -1.19. The van der Waals surface area contributed by atoms with Crippen LogP contribution in [0.1, 0.15) is 22.8 Å². The maximum atomic E-state index is 13.1. The molecule has 3 N–H and O–H groups in total. The largest absolute Gasteiger partial charge is 0.477 e. The number of nitrogens with one attached hydrogen (secondary N) is 1. The fraction of sp³-hybridized carbons (Fsp3) is 0.217. The highest BCUT2D eigenvalue weighted by molar-refractivity contribution is 7.99. The SMILES string of the molecule is CCOc1ncc(-c2ccn3nc(N)nc3c2)cc1C(=O)NCc1ccccc1SCC(F)(F)F. The summed E-state index contributed by atoms with van der Waals surface area (Å²) >= 11 is 0.680. The Kier molecular flexibility index (Phi) is 7.10. The van der Waals surface area contributed by atoms with Crippen LogP contribution in [0.2, 0.25) is 0 Å². The summed E-state index contributed by atoms with van der Waals surface area (Å²) in [6, 6.07) is 11.8. The minimum absolute atomic E-state index is 0.0423. The second kappa shape index (κ2) is 10.2. The summed E-state index contributed by atoms with van der Waals surface area (Å²) in [5, 5.41) is 6.81. The highest BCUT2D eigenvalue weighted by Gasteiger charge is 2.27. The van der Waals surface area contributed by atoms with Gasteiger partial charge in [0.2, 0.25) is 11.8 Å². The molecule has 0 bridgehead atoms. The number of nitrogen functional groups attached to an aromatic ring is 1. The second-order valence-electron chi connectivity index (χ2n) is 7.39. The molecular formula is C23H21F3N6O2S. The molecule has 0 radical (unpaired) electrons. The van der Waals surface area contributed by atoms with Crippen LogP contribution in [0.3, 0.4) is 0 Å². The Morgan fingerprint density at radius 2 is 2.00 bits per heavy atom. The van der Waals surface area contributed by atoms with Gasteiger partial charge in [0, 0.05) is 29.4 Å². The van der Waals surface area contributed by atoms with E-state index in [1.807, 2.05) is 0 Å². The van der Waals surface area contributed by atoms with E-state index in [-0.39, 0.29) is 23.9 Å². The van der Waals surface area contributed by atoms with Crippen molar-refractivity contribution in [3.63, 3.8) is 0 Å². The number of ether oxygens (including phenoxy) is 1. The number of anilines is 1. The predicted molar refractivity (Wildman–Crippen MR) is 126 cm³/mol. The molecule has 0 aliphatic heterocycles. The third kappa shape index (κ3) is 6.01. The number of fused-ring (bicyclic) bond motifs is 1. The summed E-state index contributed by atoms with van der Waals surface area (Å²) in [6.45, 7) is 2.12. The van der Waals surface area contributed by atoms with E-state index < -0.39 is 17.8 Å². The Morgan fingerprint density at radius 1 is 1.20 bits per heavy atom. The van der Waals surface area contributed by atoms with E-state index in [1.165, 1.54) is 4.52 Å². The van der Waals surface area contributed by atoms with Crippen molar-refractivity contribution >= 4 is 29.3 Å². The van der Waals surface area contributed by atoms with Gasteiger partial charge < -0.3 is 15.8 Å². The second-order valence-corrected chi connectivity index (χ2v) is 8.41. The number of thioether (sulfide) groups is 1. The lowest BCUT2D eigenvalue weighted by molar-refractivity contribution is -0.105. The molecule has 0 spiro atoms. The van der Waals surface area contributed by atoms with Gasteiger partial charge in [0.1, 0.15) is 5.56 Å². The van der Waals surface area contributed by atoms with Gasteiger partial charge in [-0.05, 0) is 42.3 Å². The van der Waals surface area contributed by atoms with Gasteiger partial charge in [-0.1, -0.05) is 18.2 Å². The number of halogens is 3. The van der Waals surface area contributed by atoms with E-state index >= 15 is 0 Å². The Morgan fingerprint density at radius 3 is 2.77 bits per heavy atom. The van der Waals surface area contributed by atoms with Gasteiger partial charge in [0.05, 0.1) is 12.4 Å². The highest BCUT2D eigenvalue weighted by atomic mass is 32.2. The standard InChI is InChI=1S/C23H21F3N6O2S/c1-2-34-21-17(9-16(12-29-21)14-7-8-32-19(10-14)30-22(27)31-32)20(33)28-11-15-5-3-4-6-18(15)35-13-23(24,25)26/h3-10,12H,2,11,13H2,1H3,(H2,27,31)(H,28,33). The summed E-state index contributed by atoms with van der Waals surface area (Å²) < 4.78 is 45.1. The number of carbonyl (C=O) groups excluding carboxylic acids is 1. The first-order chi connectivity index (χ1) is 16.7. The number of benzene rings is 1. The molecule has 12 heteroatoms. The predicted octanol–water partition coefficient (Wildman–Crippen LogP) is 4.36. The number of aromatic nitrogens is 4. The number of alkyl halides is 3. The van der Waals surface area contributed by atoms with E-state index in [4.69, 9.17) is 10.5 Å². The molecule has 0 saturated heterocycles. The van der Waals surface area contributed by atoms with E-state index in [0.717, 1.165) is 5.56 Å². The molecule has 3 heterocycles. The first-order valence-electron chi connectivity index (χ1n) is 10.5. The van der Waals surface area contributed by atoms with Crippen LogP contribution in [0.15, 0.2) is 59.8 Å². The molecule has 3 aromatic heterocycles. The molecule has 182 valence electrons. The van der Waals surface area contributed by atoms with Crippen molar-refractivity contribution in [3.8, 4) is 17.0 Å². The number of hydrogen-bond donors (Lipinski definition) is 2. The number of hydrogen-bond acceptors (Lipinski definition) is 7.